The highest BCUT2D eigenvalue weighted by Gasteiger charge is 2.05. The quantitative estimate of drug-likeness (QED) is 0.735. The molecular formula is C9H13NO2. The molecule has 0 aromatic carbocycles. The number of methoxy groups -OCH3 is 1. The van der Waals surface area contributed by atoms with E-state index in [0.717, 1.165) is 5.69 Å². The van der Waals surface area contributed by atoms with E-state index in [-0.39, 0.29) is 12.5 Å². The lowest BCUT2D eigenvalue weighted by atomic mass is 10.1. The number of ether oxygens (including phenoxy) is 1. The highest BCUT2D eigenvalue weighted by atomic mass is 16.5. The molecule has 0 aliphatic rings. The standard InChI is InChI=1S/C9H13NO2/c1-7(6-11)8-4-3-5-9(10-8)12-2/h3-5,7,11H,6H2,1-2H3. The summed E-state index contributed by atoms with van der Waals surface area (Å²) >= 11 is 0. The summed E-state index contributed by atoms with van der Waals surface area (Å²) in [5.41, 5.74) is 0.858. The van der Waals surface area contributed by atoms with Crippen LogP contribution in [0.3, 0.4) is 0 Å². The van der Waals surface area contributed by atoms with Crippen LogP contribution in [0.2, 0.25) is 0 Å². The minimum absolute atomic E-state index is 0.0695. The number of pyridine rings is 1. The Hall–Kier alpha value is -1.09. The summed E-state index contributed by atoms with van der Waals surface area (Å²) in [6.07, 6.45) is 0. The fourth-order valence-electron chi connectivity index (χ4n) is 0.912. The van der Waals surface area contributed by atoms with Gasteiger partial charge in [0.25, 0.3) is 0 Å². The van der Waals surface area contributed by atoms with Crippen LogP contribution in [0.1, 0.15) is 18.5 Å². The lowest BCUT2D eigenvalue weighted by Gasteiger charge is -2.07. The van der Waals surface area contributed by atoms with E-state index in [4.69, 9.17) is 9.84 Å². The zero-order valence-corrected chi connectivity index (χ0v) is 7.32. The molecule has 1 heterocycles. The molecule has 12 heavy (non-hydrogen) atoms. The van der Waals surface area contributed by atoms with Crippen molar-refractivity contribution in [2.24, 2.45) is 0 Å². The van der Waals surface area contributed by atoms with E-state index in [1.807, 2.05) is 19.1 Å². The van der Waals surface area contributed by atoms with Crippen molar-refractivity contribution >= 4 is 0 Å². The second-order valence-electron chi connectivity index (χ2n) is 2.69. The zero-order valence-electron chi connectivity index (χ0n) is 7.32. The molecule has 0 aliphatic carbocycles. The molecular weight excluding hydrogens is 154 g/mol. The monoisotopic (exact) mass is 167 g/mol. The summed E-state index contributed by atoms with van der Waals surface area (Å²) in [5, 5.41) is 8.87. The third-order valence-corrected chi connectivity index (χ3v) is 1.73. The molecule has 66 valence electrons. The van der Waals surface area contributed by atoms with Gasteiger partial charge in [-0.05, 0) is 6.07 Å². The lowest BCUT2D eigenvalue weighted by Crippen LogP contribution is -2.02. The summed E-state index contributed by atoms with van der Waals surface area (Å²) < 4.78 is 4.96. The molecule has 3 heteroatoms. The normalized spacial score (nSPS) is 12.6. The molecule has 1 N–H and O–H groups in total. The van der Waals surface area contributed by atoms with Crippen LogP contribution in [-0.4, -0.2) is 23.8 Å². The van der Waals surface area contributed by atoms with E-state index in [9.17, 15) is 0 Å². The first-order chi connectivity index (χ1) is 5.77. The average molecular weight is 167 g/mol. The van der Waals surface area contributed by atoms with Crippen LogP contribution in [0.5, 0.6) is 5.88 Å². The second-order valence-corrected chi connectivity index (χ2v) is 2.69. The number of aromatic nitrogens is 1. The Morgan fingerprint density at radius 3 is 2.92 bits per heavy atom. The minimum Gasteiger partial charge on any atom is -0.481 e. The molecule has 1 aromatic rings. The van der Waals surface area contributed by atoms with Crippen molar-refractivity contribution in [2.45, 2.75) is 12.8 Å². The molecule has 0 saturated heterocycles. The molecule has 0 fully saturated rings. The van der Waals surface area contributed by atoms with Crippen molar-refractivity contribution in [3.8, 4) is 5.88 Å². The summed E-state index contributed by atoms with van der Waals surface area (Å²) in [7, 11) is 1.58. The largest absolute Gasteiger partial charge is 0.481 e. The zero-order chi connectivity index (χ0) is 8.97. The van der Waals surface area contributed by atoms with Gasteiger partial charge in [-0.2, -0.15) is 0 Å². The van der Waals surface area contributed by atoms with Crippen LogP contribution in [-0.2, 0) is 0 Å². The lowest BCUT2D eigenvalue weighted by molar-refractivity contribution is 0.270. The van der Waals surface area contributed by atoms with Crippen LogP contribution in [0.15, 0.2) is 18.2 Å². The third-order valence-electron chi connectivity index (χ3n) is 1.73. The predicted octanol–water partition coefficient (Wildman–Crippen LogP) is 1.19. The van der Waals surface area contributed by atoms with E-state index >= 15 is 0 Å². The number of rotatable bonds is 3. The highest BCUT2D eigenvalue weighted by molar-refractivity contribution is 5.18. The van der Waals surface area contributed by atoms with Gasteiger partial charge in [-0.15, -0.1) is 0 Å². The summed E-state index contributed by atoms with van der Waals surface area (Å²) in [6, 6.07) is 5.53. The molecule has 0 bridgehead atoms. The summed E-state index contributed by atoms with van der Waals surface area (Å²) in [6.45, 7) is 2.03. The number of hydrogen-bond acceptors (Lipinski definition) is 3. The molecule has 0 aliphatic heterocycles. The van der Waals surface area contributed by atoms with E-state index in [1.54, 1.807) is 13.2 Å². The van der Waals surface area contributed by atoms with Crippen molar-refractivity contribution in [1.82, 2.24) is 4.98 Å². The van der Waals surface area contributed by atoms with E-state index in [1.165, 1.54) is 0 Å². The molecule has 1 unspecified atom stereocenters. The van der Waals surface area contributed by atoms with Crippen LogP contribution in [0, 0.1) is 0 Å². The maximum Gasteiger partial charge on any atom is 0.213 e. The van der Waals surface area contributed by atoms with Gasteiger partial charge in [0.1, 0.15) is 0 Å². The first-order valence-corrected chi connectivity index (χ1v) is 3.89. The highest BCUT2D eigenvalue weighted by Crippen LogP contribution is 2.14. The molecule has 1 atom stereocenters. The number of aliphatic hydroxyl groups is 1. The van der Waals surface area contributed by atoms with Crippen LogP contribution < -0.4 is 4.74 Å². The van der Waals surface area contributed by atoms with Crippen LogP contribution >= 0.6 is 0 Å². The fraction of sp³-hybridized carbons (Fsp3) is 0.444. The maximum atomic E-state index is 8.87. The SMILES string of the molecule is COc1cccc(C(C)CO)n1. The van der Waals surface area contributed by atoms with Crippen molar-refractivity contribution in [1.29, 1.82) is 0 Å². The molecule has 0 spiro atoms. The minimum atomic E-state index is 0.0695. The van der Waals surface area contributed by atoms with Gasteiger partial charge in [0, 0.05) is 17.7 Å². The Morgan fingerprint density at radius 1 is 1.58 bits per heavy atom. The van der Waals surface area contributed by atoms with Gasteiger partial charge in [-0.25, -0.2) is 4.98 Å². The topological polar surface area (TPSA) is 42.4 Å². The fourth-order valence-corrected chi connectivity index (χ4v) is 0.912. The predicted molar refractivity (Wildman–Crippen MR) is 46.3 cm³/mol. The third kappa shape index (κ3) is 1.95. The second kappa shape index (κ2) is 4.07. The van der Waals surface area contributed by atoms with Gasteiger partial charge in [-0.3, -0.25) is 0 Å². The Bertz CT molecular complexity index is 250. The average Bonchev–Trinajstić information content (AvgIpc) is 2.17. The molecule has 1 rings (SSSR count). The Kier molecular flexibility index (Phi) is 3.05. The Balaban J connectivity index is 2.86. The van der Waals surface area contributed by atoms with Crippen molar-refractivity contribution in [3.63, 3.8) is 0 Å². The molecule has 0 saturated carbocycles. The number of nitrogens with zero attached hydrogens (tertiary/aromatic N) is 1. The van der Waals surface area contributed by atoms with Gasteiger partial charge in [0.15, 0.2) is 0 Å². The van der Waals surface area contributed by atoms with Crippen molar-refractivity contribution in [3.05, 3.63) is 23.9 Å². The van der Waals surface area contributed by atoms with Gasteiger partial charge in [0.05, 0.1) is 13.7 Å². The van der Waals surface area contributed by atoms with Crippen molar-refractivity contribution in [2.75, 3.05) is 13.7 Å². The van der Waals surface area contributed by atoms with Gasteiger partial charge in [-0.1, -0.05) is 13.0 Å². The summed E-state index contributed by atoms with van der Waals surface area (Å²) in [5.74, 6) is 0.660. The summed E-state index contributed by atoms with van der Waals surface area (Å²) in [4.78, 5) is 4.18. The first kappa shape index (κ1) is 9.00. The molecule has 1 aromatic heterocycles. The van der Waals surface area contributed by atoms with E-state index in [2.05, 4.69) is 4.98 Å². The van der Waals surface area contributed by atoms with Crippen molar-refractivity contribution < 1.29 is 9.84 Å². The maximum absolute atomic E-state index is 8.87. The Morgan fingerprint density at radius 2 is 2.33 bits per heavy atom. The number of aliphatic hydroxyl groups excluding tert-OH is 1. The molecule has 0 radical (unpaired) electrons. The van der Waals surface area contributed by atoms with Crippen LogP contribution in [0.25, 0.3) is 0 Å². The van der Waals surface area contributed by atoms with Gasteiger partial charge < -0.3 is 9.84 Å². The van der Waals surface area contributed by atoms with Crippen LogP contribution in [0.4, 0.5) is 0 Å². The van der Waals surface area contributed by atoms with Gasteiger partial charge >= 0.3 is 0 Å². The molecule has 3 nitrogen and oxygen atoms in total. The number of hydrogen-bond donors (Lipinski definition) is 1. The first-order valence-electron chi connectivity index (χ1n) is 3.89. The Labute approximate surface area is 72.0 Å². The molecule has 0 amide bonds. The van der Waals surface area contributed by atoms with E-state index in [0.29, 0.717) is 5.88 Å². The smallest absolute Gasteiger partial charge is 0.213 e. The van der Waals surface area contributed by atoms with E-state index < -0.39 is 0 Å². The van der Waals surface area contributed by atoms with Gasteiger partial charge in [0.2, 0.25) is 5.88 Å².